The Morgan fingerprint density at radius 2 is 0.864 bits per heavy atom. The summed E-state index contributed by atoms with van der Waals surface area (Å²) in [6.07, 6.45) is 0. The molecule has 0 aliphatic rings. The summed E-state index contributed by atoms with van der Waals surface area (Å²) in [6.45, 7) is 0. The standard InChI is InChI=1S/C62H38N2O2/c1-2-15-43(16-3-1)64-54-23-9-8-19-52(54)59-55(24-12-25-56(59)64)63(44-33-27-41(28-34-44)46-20-11-26-57-58(46)53-38-32-40-14-5-7-18-48(40)62(53)65-57)45-35-29-42(30-36-45)49-21-10-22-50-51-37-31-39-13-4-6-17-47(39)61(51)66-60(49)50/h1-38H. The molecule has 4 heteroatoms. The highest BCUT2D eigenvalue weighted by Crippen LogP contribution is 2.46. The second kappa shape index (κ2) is 14.3. The summed E-state index contributed by atoms with van der Waals surface area (Å²) in [5.74, 6) is 0. The predicted molar refractivity (Wildman–Crippen MR) is 276 cm³/mol. The van der Waals surface area contributed by atoms with Crippen LogP contribution in [0.15, 0.2) is 239 Å². The van der Waals surface area contributed by atoms with Gasteiger partial charge in [0.05, 0.1) is 16.7 Å². The first kappa shape index (κ1) is 36.6. The molecule has 0 aliphatic heterocycles. The summed E-state index contributed by atoms with van der Waals surface area (Å²) < 4.78 is 15.8. The molecule has 0 atom stereocenters. The van der Waals surface area contributed by atoms with Gasteiger partial charge in [-0.2, -0.15) is 0 Å². The lowest BCUT2D eigenvalue weighted by Crippen LogP contribution is -2.10. The number of hydrogen-bond acceptors (Lipinski definition) is 3. The molecule has 0 saturated heterocycles. The van der Waals surface area contributed by atoms with Crippen LogP contribution < -0.4 is 4.90 Å². The van der Waals surface area contributed by atoms with E-state index in [0.717, 1.165) is 111 Å². The normalized spacial score (nSPS) is 11.9. The summed E-state index contributed by atoms with van der Waals surface area (Å²) in [4.78, 5) is 2.41. The maximum Gasteiger partial charge on any atom is 0.143 e. The average molecular weight is 843 g/mol. The molecule has 66 heavy (non-hydrogen) atoms. The maximum absolute atomic E-state index is 6.79. The molecule has 0 aliphatic carbocycles. The van der Waals surface area contributed by atoms with Gasteiger partial charge in [0.2, 0.25) is 0 Å². The van der Waals surface area contributed by atoms with Gasteiger partial charge in [-0.1, -0.05) is 158 Å². The number of benzene rings is 11. The van der Waals surface area contributed by atoms with E-state index in [9.17, 15) is 0 Å². The Hall–Kier alpha value is -8.86. The van der Waals surface area contributed by atoms with Gasteiger partial charge < -0.3 is 18.3 Å². The highest BCUT2D eigenvalue weighted by Gasteiger charge is 2.23. The molecule has 0 unspecified atom stereocenters. The number of aromatic nitrogens is 1. The third kappa shape index (κ3) is 5.45. The Bertz CT molecular complexity index is 4210. The molecule has 3 aromatic heterocycles. The maximum atomic E-state index is 6.79. The Morgan fingerprint density at radius 3 is 1.61 bits per heavy atom. The smallest absolute Gasteiger partial charge is 0.143 e. The lowest BCUT2D eigenvalue weighted by atomic mass is 9.97. The van der Waals surface area contributed by atoms with Crippen LogP contribution in [0.5, 0.6) is 0 Å². The first-order chi connectivity index (χ1) is 32.7. The highest BCUT2D eigenvalue weighted by molar-refractivity contribution is 6.20. The molecule has 0 spiro atoms. The molecular formula is C62H38N2O2. The summed E-state index contributed by atoms with van der Waals surface area (Å²) in [5.41, 5.74) is 14.7. The van der Waals surface area contributed by atoms with Crippen LogP contribution in [-0.2, 0) is 0 Å². The van der Waals surface area contributed by atoms with Crippen molar-refractivity contribution in [1.29, 1.82) is 0 Å². The molecule has 4 nitrogen and oxygen atoms in total. The van der Waals surface area contributed by atoms with Gasteiger partial charge in [-0.05, 0) is 100 Å². The van der Waals surface area contributed by atoms with E-state index >= 15 is 0 Å². The zero-order valence-corrected chi connectivity index (χ0v) is 35.7. The predicted octanol–water partition coefficient (Wildman–Crippen LogP) is 17.7. The van der Waals surface area contributed by atoms with Crippen LogP contribution in [0, 0.1) is 0 Å². The van der Waals surface area contributed by atoms with Gasteiger partial charge in [0.15, 0.2) is 0 Å². The topological polar surface area (TPSA) is 34.5 Å². The lowest BCUT2D eigenvalue weighted by Gasteiger charge is -2.27. The molecule has 0 fully saturated rings. The van der Waals surface area contributed by atoms with Gasteiger partial charge >= 0.3 is 0 Å². The fourth-order valence-electron chi connectivity index (χ4n) is 10.6. The first-order valence-corrected chi connectivity index (χ1v) is 22.5. The average Bonchev–Trinajstić information content (AvgIpc) is 4.08. The molecule has 0 saturated carbocycles. The summed E-state index contributed by atoms with van der Waals surface area (Å²) in [5, 5.41) is 11.5. The van der Waals surface area contributed by atoms with E-state index in [2.05, 4.69) is 240 Å². The number of nitrogens with zero attached hydrogens (tertiary/aromatic N) is 2. The van der Waals surface area contributed by atoms with Crippen molar-refractivity contribution in [3.05, 3.63) is 231 Å². The Kier molecular flexibility index (Phi) is 7.95. The number of anilines is 3. The summed E-state index contributed by atoms with van der Waals surface area (Å²) >= 11 is 0. The quantitative estimate of drug-likeness (QED) is 0.167. The van der Waals surface area contributed by atoms with E-state index in [1.165, 1.54) is 21.5 Å². The van der Waals surface area contributed by atoms with Crippen LogP contribution in [0.3, 0.4) is 0 Å². The fraction of sp³-hybridized carbons (Fsp3) is 0. The molecule has 0 bridgehead atoms. The molecular weight excluding hydrogens is 805 g/mol. The second-order valence-corrected chi connectivity index (χ2v) is 17.2. The summed E-state index contributed by atoms with van der Waals surface area (Å²) in [6, 6.07) is 82.6. The number of fused-ring (bicyclic) bond motifs is 13. The Labute approximate surface area is 379 Å². The van der Waals surface area contributed by atoms with Gasteiger partial charge in [0.25, 0.3) is 0 Å². The minimum Gasteiger partial charge on any atom is -0.455 e. The van der Waals surface area contributed by atoms with E-state index in [1.54, 1.807) is 0 Å². The number of hydrogen-bond donors (Lipinski definition) is 0. The number of rotatable bonds is 6. The van der Waals surface area contributed by atoms with Crippen molar-refractivity contribution in [2.24, 2.45) is 0 Å². The van der Waals surface area contributed by atoms with E-state index in [1.807, 2.05) is 0 Å². The van der Waals surface area contributed by atoms with Crippen molar-refractivity contribution in [3.63, 3.8) is 0 Å². The van der Waals surface area contributed by atoms with Crippen molar-refractivity contribution in [1.82, 2.24) is 4.57 Å². The largest absolute Gasteiger partial charge is 0.455 e. The van der Waals surface area contributed by atoms with Crippen LogP contribution in [0.25, 0.3) is 115 Å². The Morgan fingerprint density at radius 1 is 0.318 bits per heavy atom. The van der Waals surface area contributed by atoms with Crippen LogP contribution in [0.1, 0.15) is 0 Å². The van der Waals surface area contributed by atoms with E-state index in [-0.39, 0.29) is 0 Å². The third-order valence-corrected chi connectivity index (χ3v) is 13.6. The van der Waals surface area contributed by atoms with E-state index in [4.69, 9.17) is 8.83 Å². The SMILES string of the molecule is c1ccc(-n2c3ccccc3c3c(N(c4ccc(-c5cccc6c5oc5c7ccccc7ccc65)cc4)c4ccc(-c5cccc6oc7c8ccccc8ccc7c56)cc4)cccc32)cc1. The number of furan rings is 2. The highest BCUT2D eigenvalue weighted by atomic mass is 16.3. The first-order valence-electron chi connectivity index (χ1n) is 22.5. The van der Waals surface area contributed by atoms with Crippen molar-refractivity contribution < 1.29 is 8.83 Å². The summed E-state index contributed by atoms with van der Waals surface area (Å²) in [7, 11) is 0. The molecule has 11 aromatic carbocycles. The molecule has 3 heterocycles. The zero-order chi connectivity index (χ0) is 43.3. The van der Waals surface area contributed by atoms with Gasteiger partial charge in [0, 0.05) is 65.7 Å². The molecule has 14 aromatic rings. The fourth-order valence-corrected chi connectivity index (χ4v) is 10.6. The minimum absolute atomic E-state index is 0.887. The molecule has 0 radical (unpaired) electrons. The van der Waals surface area contributed by atoms with Crippen molar-refractivity contribution in [3.8, 4) is 27.9 Å². The van der Waals surface area contributed by atoms with Crippen LogP contribution in [-0.4, -0.2) is 4.57 Å². The van der Waals surface area contributed by atoms with Gasteiger partial charge in [-0.3, -0.25) is 0 Å². The molecule has 0 amide bonds. The Balaban J connectivity index is 0.947. The number of para-hydroxylation sites is 3. The van der Waals surface area contributed by atoms with Crippen LogP contribution in [0.4, 0.5) is 17.1 Å². The minimum atomic E-state index is 0.887. The van der Waals surface area contributed by atoms with Gasteiger partial charge in [0.1, 0.15) is 22.3 Å². The van der Waals surface area contributed by atoms with Gasteiger partial charge in [-0.25, -0.2) is 0 Å². The van der Waals surface area contributed by atoms with Crippen LogP contribution in [0.2, 0.25) is 0 Å². The molecule has 308 valence electrons. The van der Waals surface area contributed by atoms with Crippen molar-refractivity contribution in [2.45, 2.75) is 0 Å². The third-order valence-electron chi connectivity index (χ3n) is 13.6. The molecule has 0 N–H and O–H groups in total. The van der Waals surface area contributed by atoms with Crippen molar-refractivity contribution >= 4 is 104 Å². The van der Waals surface area contributed by atoms with Crippen molar-refractivity contribution in [2.75, 3.05) is 4.90 Å². The van der Waals surface area contributed by atoms with E-state index < -0.39 is 0 Å². The monoisotopic (exact) mass is 842 g/mol. The second-order valence-electron chi connectivity index (χ2n) is 17.2. The van der Waals surface area contributed by atoms with Crippen LogP contribution >= 0.6 is 0 Å². The molecule has 14 rings (SSSR count). The lowest BCUT2D eigenvalue weighted by molar-refractivity contribution is 0.672. The van der Waals surface area contributed by atoms with E-state index in [0.29, 0.717) is 0 Å². The zero-order valence-electron chi connectivity index (χ0n) is 35.7. The van der Waals surface area contributed by atoms with Gasteiger partial charge in [-0.15, -0.1) is 0 Å².